The van der Waals surface area contributed by atoms with Gasteiger partial charge in [0.05, 0.1) is 19.8 Å². The van der Waals surface area contributed by atoms with Crippen LogP contribution in [0.4, 0.5) is 0 Å². The van der Waals surface area contributed by atoms with Crippen molar-refractivity contribution in [2.75, 3.05) is 39.5 Å². The summed E-state index contributed by atoms with van der Waals surface area (Å²) in [6.45, 7) is 6.02. The highest BCUT2D eigenvalue weighted by atomic mass is 16.5. The highest BCUT2D eigenvalue weighted by Crippen LogP contribution is 1.80. The lowest BCUT2D eigenvalue weighted by atomic mass is 10.4. The smallest absolute Gasteiger partial charge is 0.233 e. The van der Waals surface area contributed by atoms with E-state index < -0.39 is 0 Å². The van der Waals surface area contributed by atoms with Gasteiger partial charge < -0.3 is 20.5 Å². The molecule has 0 rings (SSSR count). The Balaban J connectivity index is 3.13. The van der Waals surface area contributed by atoms with E-state index >= 15 is 0 Å². The summed E-state index contributed by atoms with van der Waals surface area (Å²) in [5, 5.41) is 14.1. The first-order chi connectivity index (χ1) is 7.31. The molecule has 0 atom stereocenters. The third-order valence-corrected chi connectivity index (χ3v) is 1.60. The van der Waals surface area contributed by atoms with Crippen LogP contribution in [-0.4, -0.2) is 50.5 Å². The van der Waals surface area contributed by atoms with E-state index in [0.29, 0.717) is 32.8 Å². The van der Waals surface area contributed by atoms with Crippen LogP contribution in [0.5, 0.6) is 0 Å². The predicted molar refractivity (Wildman–Crippen MR) is 58.6 cm³/mol. The summed E-state index contributed by atoms with van der Waals surface area (Å²) in [6.07, 6.45) is 2.46. The van der Waals surface area contributed by atoms with Gasteiger partial charge in [-0.25, -0.2) is 0 Å². The Morgan fingerprint density at radius 1 is 1.47 bits per heavy atom. The molecule has 0 saturated carbocycles. The van der Waals surface area contributed by atoms with Crippen LogP contribution in [0.2, 0.25) is 0 Å². The summed E-state index contributed by atoms with van der Waals surface area (Å²) in [7, 11) is 0. The zero-order chi connectivity index (χ0) is 11.4. The number of aliphatic hydroxyl groups is 1. The van der Waals surface area contributed by atoms with E-state index in [0.717, 1.165) is 6.42 Å². The lowest BCUT2D eigenvalue weighted by Gasteiger charge is -2.05. The predicted octanol–water partition coefficient (Wildman–Crippen LogP) is -0.723. The van der Waals surface area contributed by atoms with Gasteiger partial charge >= 0.3 is 0 Å². The molecule has 5 heteroatoms. The molecule has 0 aliphatic rings. The minimum Gasteiger partial charge on any atom is -0.394 e. The van der Waals surface area contributed by atoms with Crippen LogP contribution < -0.4 is 10.6 Å². The van der Waals surface area contributed by atoms with Crippen molar-refractivity contribution in [1.29, 1.82) is 0 Å². The standard InChI is InChI=1S/C10H20N2O3/c1-2-4-11-9-10(14)12-5-3-7-15-8-6-13/h2,11,13H,1,3-9H2,(H,12,14). The van der Waals surface area contributed by atoms with Gasteiger partial charge in [0, 0.05) is 19.7 Å². The molecule has 0 saturated heterocycles. The zero-order valence-electron chi connectivity index (χ0n) is 9.00. The van der Waals surface area contributed by atoms with Crippen LogP contribution in [0.25, 0.3) is 0 Å². The van der Waals surface area contributed by atoms with E-state index in [4.69, 9.17) is 9.84 Å². The van der Waals surface area contributed by atoms with E-state index in [1.165, 1.54) is 0 Å². The molecule has 5 nitrogen and oxygen atoms in total. The number of hydrogen-bond donors (Lipinski definition) is 3. The van der Waals surface area contributed by atoms with Crippen LogP contribution in [0.3, 0.4) is 0 Å². The van der Waals surface area contributed by atoms with Gasteiger partial charge in [0.1, 0.15) is 0 Å². The Kier molecular flexibility index (Phi) is 10.5. The number of ether oxygens (including phenoxy) is 1. The molecular formula is C10H20N2O3. The van der Waals surface area contributed by atoms with Crippen molar-refractivity contribution in [3.8, 4) is 0 Å². The second-order valence-electron chi connectivity index (χ2n) is 2.96. The van der Waals surface area contributed by atoms with Gasteiger partial charge in [-0.1, -0.05) is 6.08 Å². The highest BCUT2D eigenvalue weighted by molar-refractivity contribution is 5.77. The second kappa shape index (κ2) is 11.2. The monoisotopic (exact) mass is 216 g/mol. The largest absolute Gasteiger partial charge is 0.394 e. The molecule has 0 aliphatic heterocycles. The minimum absolute atomic E-state index is 0.0287. The SMILES string of the molecule is C=CCNCC(=O)NCCCOCCO. The summed E-state index contributed by atoms with van der Waals surface area (Å²) in [4.78, 5) is 11.1. The average Bonchev–Trinajstić information content (AvgIpc) is 2.23. The van der Waals surface area contributed by atoms with Gasteiger partial charge in [-0.05, 0) is 6.42 Å². The molecule has 15 heavy (non-hydrogen) atoms. The zero-order valence-corrected chi connectivity index (χ0v) is 9.00. The molecule has 0 spiro atoms. The molecule has 1 amide bonds. The fourth-order valence-corrected chi connectivity index (χ4v) is 0.919. The van der Waals surface area contributed by atoms with Crippen molar-refractivity contribution in [3.05, 3.63) is 12.7 Å². The van der Waals surface area contributed by atoms with E-state index in [9.17, 15) is 4.79 Å². The topological polar surface area (TPSA) is 70.6 Å². The Hall–Kier alpha value is -0.910. The van der Waals surface area contributed by atoms with Gasteiger partial charge in [0.25, 0.3) is 0 Å². The number of hydrogen-bond acceptors (Lipinski definition) is 4. The molecule has 88 valence electrons. The minimum atomic E-state index is -0.0287. The number of carbonyl (C=O) groups excluding carboxylic acids is 1. The molecule has 0 aromatic carbocycles. The number of aliphatic hydroxyl groups excluding tert-OH is 1. The van der Waals surface area contributed by atoms with Crippen LogP contribution in [-0.2, 0) is 9.53 Å². The summed E-state index contributed by atoms with van der Waals surface area (Å²) in [5.41, 5.74) is 0. The van der Waals surface area contributed by atoms with E-state index in [1.54, 1.807) is 6.08 Å². The number of rotatable bonds is 10. The molecule has 0 radical (unpaired) electrons. The van der Waals surface area contributed by atoms with Gasteiger partial charge in [-0.3, -0.25) is 4.79 Å². The lowest BCUT2D eigenvalue weighted by molar-refractivity contribution is -0.120. The maximum atomic E-state index is 11.1. The molecule has 3 N–H and O–H groups in total. The van der Waals surface area contributed by atoms with Crippen LogP contribution in [0, 0.1) is 0 Å². The molecule has 0 bridgehead atoms. The first-order valence-corrected chi connectivity index (χ1v) is 5.08. The van der Waals surface area contributed by atoms with Crippen LogP contribution >= 0.6 is 0 Å². The normalized spacial score (nSPS) is 9.93. The Labute approximate surface area is 90.5 Å². The van der Waals surface area contributed by atoms with E-state index in [2.05, 4.69) is 17.2 Å². The summed E-state index contributed by atoms with van der Waals surface area (Å²) in [5.74, 6) is -0.0287. The molecular weight excluding hydrogens is 196 g/mol. The maximum absolute atomic E-state index is 11.1. The quantitative estimate of drug-likeness (QED) is 0.333. The van der Waals surface area contributed by atoms with Gasteiger partial charge in [0.15, 0.2) is 0 Å². The summed E-state index contributed by atoms with van der Waals surface area (Å²) in [6, 6.07) is 0. The van der Waals surface area contributed by atoms with Crippen molar-refractivity contribution in [3.63, 3.8) is 0 Å². The number of nitrogens with one attached hydrogen (secondary N) is 2. The third kappa shape index (κ3) is 11.0. The van der Waals surface area contributed by atoms with Gasteiger partial charge in [0.2, 0.25) is 5.91 Å². The van der Waals surface area contributed by atoms with Crippen molar-refractivity contribution in [1.82, 2.24) is 10.6 Å². The molecule has 0 heterocycles. The molecule has 0 aliphatic carbocycles. The first-order valence-electron chi connectivity index (χ1n) is 5.08. The fraction of sp³-hybridized carbons (Fsp3) is 0.700. The molecule has 0 unspecified atom stereocenters. The lowest BCUT2D eigenvalue weighted by Crippen LogP contribution is -2.34. The van der Waals surface area contributed by atoms with Gasteiger partial charge in [-0.2, -0.15) is 0 Å². The highest BCUT2D eigenvalue weighted by Gasteiger charge is 1.97. The van der Waals surface area contributed by atoms with Crippen molar-refractivity contribution in [2.24, 2.45) is 0 Å². The van der Waals surface area contributed by atoms with Gasteiger partial charge in [-0.15, -0.1) is 6.58 Å². The average molecular weight is 216 g/mol. The second-order valence-corrected chi connectivity index (χ2v) is 2.96. The van der Waals surface area contributed by atoms with Crippen molar-refractivity contribution < 1.29 is 14.6 Å². The molecule has 0 fully saturated rings. The van der Waals surface area contributed by atoms with Crippen molar-refractivity contribution in [2.45, 2.75) is 6.42 Å². The maximum Gasteiger partial charge on any atom is 0.233 e. The third-order valence-electron chi connectivity index (χ3n) is 1.60. The molecule has 0 aromatic rings. The van der Waals surface area contributed by atoms with Crippen LogP contribution in [0.1, 0.15) is 6.42 Å². The Bertz CT molecular complexity index is 174. The Morgan fingerprint density at radius 3 is 2.93 bits per heavy atom. The molecule has 0 aromatic heterocycles. The summed E-state index contributed by atoms with van der Waals surface area (Å²) >= 11 is 0. The number of amides is 1. The summed E-state index contributed by atoms with van der Waals surface area (Å²) < 4.78 is 5.03. The first kappa shape index (κ1) is 14.1. The van der Waals surface area contributed by atoms with Crippen LogP contribution in [0.15, 0.2) is 12.7 Å². The number of carbonyl (C=O) groups is 1. The van der Waals surface area contributed by atoms with Crippen molar-refractivity contribution >= 4 is 5.91 Å². The van der Waals surface area contributed by atoms with E-state index in [-0.39, 0.29) is 12.5 Å². The fourth-order valence-electron chi connectivity index (χ4n) is 0.919. The van der Waals surface area contributed by atoms with E-state index in [1.807, 2.05) is 0 Å². The Morgan fingerprint density at radius 2 is 2.27 bits per heavy atom.